The van der Waals surface area contributed by atoms with Gasteiger partial charge >= 0.3 is 0 Å². The lowest BCUT2D eigenvalue weighted by atomic mass is 10.2. The van der Waals surface area contributed by atoms with Gasteiger partial charge in [-0.05, 0) is 38.5 Å². The molecule has 100 valence electrons. The van der Waals surface area contributed by atoms with Gasteiger partial charge in [0.15, 0.2) is 6.10 Å². The summed E-state index contributed by atoms with van der Waals surface area (Å²) in [5.74, 6) is 0.301. The third-order valence-corrected chi connectivity index (χ3v) is 2.93. The first-order valence-electron chi connectivity index (χ1n) is 5.96. The summed E-state index contributed by atoms with van der Waals surface area (Å²) in [5, 5.41) is 3.25. The summed E-state index contributed by atoms with van der Waals surface area (Å²) < 4.78 is 5.51. The van der Waals surface area contributed by atoms with Crippen molar-refractivity contribution in [2.45, 2.75) is 39.3 Å². The number of carbonyl (C=O) groups excluding carboxylic acids is 1. The van der Waals surface area contributed by atoms with E-state index in [0.29, 0.717) is 16.5 Å². The van der Waals surface area contributed by atoms with Gasteiger partial charge in [-0.25, -0.2) is 0 Å². The fourth-order valence-corrected chi connectivity index (χ4v) is 1.55. The Bertz CT molecular complexity index is 423. The van der Waals surface area contributed by atoms with Crippen LogP contribution in [-0.2, 0) is 4.79 Å². The summed E-state index contributed by atoms with van der Waals surface area (Å²) in [7, 11) is 0. The third-order valence-electron chi connectivity index (χ3n) is 2.63. The number of nitrogen functional groups attached to an aromatic ring is 1. The SMILES string of the molecule is CCC(C)NC(=O)C(C)Oc1ccc(N)cc1Cl. The summed E-state index contributed by atoms with van der Waals surface area (Å²) >= 11 is 5.97. The molecule has 5 heteroatoms. The highest BCUT2D eigenvalue weighted by Crippen LogP contribution is 2.27. The van der Waals surface area contributed by atoms with Crippen molar-refractivity contribution in [1.82, 2.24) is 5.32 Å². The number of nitrogens with two attached hydrogens (primary N) is 1. The maximum Gasteiger partial charge on any atom is 0.260 e. The van der Waals surface area contributed by atoms with Gasteiger partial charge in [0, 0.05) is 11.7 Å². The summed E-state index contributed by atoms with van der Waals surface area (Å²) in [4.78, 5) is 11.8. The van der Waals surface area contributed by atoms with Gasteiger partial charge in [0.2, 0.25) is 0 Å². The summed E-state index contributed by atoms with van der Waals surface area (Å²) in [6.07, 6.45) is 0.279. The maximum absolute atomic E-state index is 11.8. The van der Waals surface area contributed by atoms with Crippen LogP contribution in [0.2, 0.25) is 5.02 Å². The first kappa shape index (κ1) is 14.6. The summed E-state index contributed by atoms with van der Waals surface area (Å²) in [6, 6.07) is 5.06. The second-order valence-corrected chi connectivity index (χ2v) is 4.68. The Morgan fingerprint density at radius 1 is 1.50 bits per heavy atom. The molecule has 0 spiro atoms. The Labute approximate surface area is 112 Å². The van der Waals surface area contributed by atoms with E-state index in [1.54, 1.807) is 25.1 Å². The molecular weight excluding hydrogens is 252 g/mol. The number of rotatable bonds is 5. The molecule has 0 aliphatic heterocycles. The second kappa shape index (κ2) is 6.50. The fourth-order valence-electron chi connectivity index (χ4n) is 1.32. The number of carbonyl (C=O) groups is 1. The minimum atomic E-state index is -0.597. The number of halogens is 1. The molecule has 0 heterocycles. The zero-order valence-corrected chi connectivity index (χ0v) is 11.6. The lowest BCUT2D eigenvalue weighted by Gasteiger charge is -2.18. The van der Waals surface area contributed by atoms with Gasteiger partial charge < -0.3 is 15.8 Å². The van der Waals surface area contributed by atoms with Crippen molar-refractivity contribution in [3.63, 3.8) is 0 Å². The molecule has 1 aromatic rings. The van der Waals surface area contributed by atoms with Crippen molar-refractivity contribution in [1.29, 1.82) is 0 Å². The molecule has 0 saturated carbocycles. The molecule has 1 rings (SSSR count). The van der Waals surface area contributed by atoms with Crippen LogP contribution in [0, 0.1) is 0 Å². The molecule has 0 aromatic heterocycles. The van der Waals surface area contributed by atoms with Crippen molar-refractivity contribution in [3.05, 3.63) is 23.2 Å². The van der Waals surface area contributed by atoms with Gasteiger partial charge in [-0.3, -0.25) is 4.79 Å². The fraction of sp³-hybridized carbons (Fsp3) is 0.462. The van der Waals surface area contributed by atoms with Gasteiger partial charge in [-0.1, -0.05) is 18.5 Å². The highest BCUT2D eigenvalue weighted by atomic mass is 35.5. The van der Waals surface area contributed by atoms with Crippen LogP contribution in [0.3, 0.4) is 0 Å². The minimum Gasteiger partial charge on any atom is -0.479 e. The van der Waals surface area contributed by atoms with Crippen LogP contribution < -0.4 is 15.8 Å². The van der Waals surface area contributed by atoms with Gasteiger partial charge in [0.25, 0.3) is 5.91 Å². The zero-order chi connectivity index (χ0) is 13.7. The van der Waals surface area contributed by atoms with E-state index >= 15 is 0 Å². The highest BCUT2D eigenvalue weighted by Gasteiger charge is 2.17. The Balaban J connectivity index is 2.63. The van der Waals surface area contributed by atoms with Crippen LogP contribution in [0.25, 0.3) is 0 Å². The molecule has 1 amide bonds. The van der Waals surface area contributed by atoms with Gasteiger partial charge in [0.1, 0.15) is 5.75 Å². The van der Waals surface area contributed by atoms with Crippen LogP contribution in [0.15, 0.2) is 18.2 Å². The molecule has 2 atom stereocenters. The first-order chi connectivity index (χ1) is 8.43. The van der Waals surface area contributed by atoms with Gasteiger partial charge in [0.05, 0.1) is 5.02 Å². The quantitative estimate of drug-likeness (QED) is 0.809. The molecule has 0 bridgehead atoms. The molecule has 18 heavy (non-hydrogen) atoms. The first-order valence-corrected chi connectivity index (χ1v) is 6.34. The topological polar surface area (TPSA) is 64.3 Å². The molecule has 4 nitrogen and oxygen atoms in total. The van der Waals surface area contributed by atoms with Crippen molar-refractivity contribution in [2.75, 3.05) is 5.73 Å². The van der Waals surface area contributed by atoms with Gasteiger partial charge in [-0.15, -0.1) is 0 Å². The molecule has 3 N–H and O–H groups in total. The van der Waals surface area contributed by atoms with E-state index in [2.05, 4.69) is 5.32 Å². The Kier molecular flexibility index (Phi) is 5.28. The largest absolute Gasteiger partial charge is 0.479 e. The number of anilines is 1. The smallest absolute Gasteiger partial charge is 0.260 e. The molecule has 0 saturated heterocycles. The van der Waals surface area contributed by atoms with Crippen molar-refractivity contribution in [2.24, 2.45) is 0 Å². The molecule has 1 aromatic carbocycles. The van der Waals surface area contributed by atoms with Gasteiger partial charge in [-0.2, -0.15) is 0 Å². The lowest BCUT2D eigenvalue weighted by molar-refractivity contribution is -0.127. The van der Waals surface area contributed by atoms with E-state index in [9.17, 15) is 4.79 Å². The standard InChI is InChI=1S/C13H19ClN2O2/c1-4-8(2)16-13(17)9(3)18-12-6-5-10(15)7-11(12)14/h5-9H,4,15H2,1-3H3,(H,16,17). The minimum absolute atomic E-state index is 0.130. The van der Waals surface area contributed by atoms with Crippen LogP contribution in [0.5, 0.6) is 5.75 Å². The predicted octanol–water partition coefficient (Wildman–Crippen LogP) is 2.60. The van der Waals surface area contributed by atoms with Crippen molar-refractivity contribution in [3.8, 4) is 5.75 Å². The maximum atomic E-state index is 11.8. The van der Waals surface area contributed by atoms with Crippen LogP contribution in [-0.4, -0.2) is 18.1 Å². The average molecular weight is 271 g/mol. The van der Waals surface area contributed by atoms with Crippen LogP contribution in [0.4, 0.5) is 5.69 Å². The molecular formula is C13H19ClN2O2. The summed E-state index contributed by atoms with van der Waals surface area (Å²) in [6.45, 7) is 5.64. The predicted molar refractivity (Wildman–Crippen MR) is 73.9 cm³/mol. The molecule has 0 aliphatic carbocycles. The van der Waals surface area contributed by atoms with E-state index in [1.165, 1.54) is 0 Å². The van der Waals surface area contributed by atoms with E-state index in [1.807, 2.05) is 13.8 Å². The van der Waals surface area contributed by atoms with Crippen LogP contribution in [0.1, 0.15) is 27.2 Å². The third kappa shape index (κ3) is 4.11. The number of nitrogens with one attached hydrogen (secondary N) is 1. The monoisotopic (exact) mass is 270 g/mol. The number of hydrogen-bond donors (Lipinski definition) is 2. The molecule has 0 radical (unpaired) electrons. The molecule has 0 fully saturated rings. The zero-order valence-electron chi connectivity index (χ0n) is 10.9. The number of benzene rings is 1. The van der Waals surface area contributed by atoms with E-state index in [-0.39, 0.29) is 11.9 Å². The Morgan fingerprint density at radius 2 is 2.17 bits per heavy atom. The summed E-state index contributed by atoms with van der Waals surface area (Å²) in [5.41, 5.74) is 6.14. The Morgan fingerprint density at radius 3 is 2.72 bits per heavy atom. The normalized spacial score (nSPS) is 13.8. The van der Waals surface area contributed by atoms with Crippen molar-refractivity contribution < 1.29 is 9.53 Å². The highest BCUT2D eigenvalue weighted by molar-refractivity contribution is 6.32. The van der Waals surface area contributed by atoms with Crippen LogP contribution >= 0.6 is 11.6 Å². The second-order valence-electron chi connectivity index (χ2n) is 4.27. The van der Waals surface area contributed by atoms with Crippen molar-refractivity contribution >= 4 is 23.2 Å². The lowest BCUT2D eigenvalue weighted by Crippen LogP contribution is -2.41. The Hall–Kier alpha value is -1.42. The van der Waals surface area contributed by atoms with E-state index in [0.717, 1.165) is 6.42 Å². The average Bonchev–Trinajstić information content (AvgIpc) is 2.32. The number of amides is 1. The van der Waals surface area contributed by atoms with E-state index in [4.69, 9.17) is 22.1 Å². The number of hydrogen-bond acceptors (Lipinski definition) is 3. The van der Waals surface area contributed by atoms with E-state index < -0.39 is 6.10 Å². The number of ether oxygens (including phenoxy) is 1. The molecule has 0 aliphatic rings. The molecule has 2 unspecified atom stereocenters.